The molecule has 1 aromatic rings. The quantitative estimate of drug-likeness (QED) is 0.697. The first-order valence-corrected chi connectivity index (χ1v) is 9.34. The molecule has 1 unspecified atom stereocenters. The van der Waals surface area contributed by atoms with Crippen molar-refractivity contribution in [2.75, 3.05) is 31.1 Å². The van der Waals surface area contributed by atoms with Gasteiger partial charge in [-0.05, 0) is 76.2 Å². The summed E-state index contributed by atoms with van der Waals surface area (Å²) >= 11 is 0. The van der Waals surface area contributed by atoms with Crippen LogP contribution in [-0.4, -0.2) is 37.1 Å². The predicted octanol–water partition coefficient (Wildman–Crippen LogP) is 4.51. The number of fused-ring (bicyclic) bond motifs is 1. The minimum atomic E-state index is 0.749. The van der Waals surface area contributed by atoms with E-state index in [1.807, 2.05) is 0 Å². The molecule has 0 spiro atoms. The normalized spacial score (nSPS) is 17.6. The Morgan fingerprint density at radius 2 is 1.68 bits per heavy atom. The molecule has 1 aliphatic rings. The van der Waals surface area contributed by atoms with Gasteiger partial charge in [0.25, 0.3) is 0 Å². The third-order valence-corrected chi connectivity index (χ3v) is 5.07. The van der Waals surface area contributed by atoms with E-state index in [4.69, 9.17) is 0 Å². The standard InChI is InChI=1S/C20H34N2/c1-5-14-22(15-6-2)18-12-13-19-17(16-18)10-9-11-20(19)21(7-3)8-4/h9-11,18H,5-8,12-16H2,1-4H3. The molecule has 2 heteroatoms. The summed E-state index contributed by atoms with van der Waals surface area (Å²) in [6.45, 7) is 13.9. The van der Waals surface area contributed by atoms with Crippen molar-refractivity contribution in [2.24, 2.45) is 0 Å². The predicted molar refractivity (Wildman–Crippen MR) is 98.0 cm³/mol. The molecule has 0 amide bonds. The first kappa shape index (κ1) is 17.3. The lowest BCUT2D eigenvalue weighted by Crippen LogP contribution is -2.40. The van der Waals surface area contributed by atoms with Crippen molar-refractivity contribution in [1.29, 1.82) is 0 Å². The highest BCUT2D eigenvalue weighted by Crippen LogP contribution is 2.32. The van der Waals surface area contributed by atoms with Crippen LogP contribution in [0.2, 0.25) is 0 Å². The summed E-state index contributed by atoms with van der Waals surface area (Å²) in [4.78, 5) is 5.24. The third kappa shape index (κ3) is 3.84. The monoisotopic (exact) mass is 302 g/mol. The van der Waals surface area contributed by atoms with E-state index in [1.165, 1.54) is 50.9 Å². The molecule has 0 fully saturated rings. The molecule has 1 atom stereocenters. The lowest BCUT2D eigenvalue weighted by molar-refractivity contribution is 0.180. The molecule has 2 rings (SSSR count). The first-order valence-electron chi connectivity index (χ1n) is 9.34. The molecule has 0 radical (unpaired) electrons. The van der Waals surface area contributed by atoms with Crippen molar-refractivity contribution in [2.45, 2.75) is 65.8 Å². The van der Waals surface area contributed by atoms with Gasteiger partial charge in [-0.1, -0.05) is 26.0 Å². The van der Waals surface area contributed by atoms with E-state index in [0.29, 0.717) is 0 Å². The van der Waals surface area contributed by atoms with Gasteiger partial charge in [-0.3, -0.25) is 0 Å². The van der Waals surface area contributed by atoms with Crippen LogP contribution in [0.25, 0.3) is 0 Å². The molecule has 0 saturated heterocycles. The van der Waals surface area contributed by atoms with Crippen LogP contribution in [-0.2, 0) is 12.8 Å². The van der Waals surface area contributed by atoms with Gasteiger partial charge in [0, 0.05) is 24.8 Å². The van der Waals surface area contributed by atoms with Crippen LogP contribution >= 0.6 is 0 Å². The Morgan fingerprint density at radius 1 is 1.00 bits per heavy atom. The zero-order valence-electron chi connectivity index (χ0n) is 15.1. The Labute approximate surface area is 137 Å². The van der Waals surface area contributed by atoms with Crippen LogP contribution < -0.4 is 4.90 Å². The summed E-state index contributed by atoms with van der Waals surface area (Å²) < 4.78 is 0. The van der Waals surface area contributed by atoms with Crippen molar-refractivity contribution in [3.8, 4) is 0 Å². The van der Waals surface area contributed by atoms with Gasteiger partial charge in [0.1, 0.15) is 0 Å². The molecule has 22 heavy (non-hydrogen) atoms. The summed E-state index contributed by atoms with van der Waals surface area (Å²) in [5.41, 5.74) is 4.70. The number of hydrogen-bond acceptors (Lipinski definition) is 2. The molecule has 0 aliphatic heterocycles. The van der Waals surface area contributed by atoms with E-state index < -0.39 is 0 Å². The second-order valence-electron chi connectivity index (χ2n) is 6.52. The van der Waals surface area contributed by atoms with E-state index in [9.17, 15) is 0 Å². The molecule has 1 aromatic carbocycles. The Hall–Kier alpha value is -1.02. The Kier molecular flexibility index (Phi) is 6.75. The van der Waals surface area contributed by atoms with E-state index in [2.05, 4.69) is 55.7 Å². The molecule has 1 aliphatic carbocycles. The number of hydrogen-bond donors (Lipinski definition) is 0. The highest BCUT2D eigenvalue weighted by molar-refractivity contribution is 5.57. The maximum Gasteiger partial charge on any atom is 0.0401 e. The van der Waals surface area contributed by atoms with E-state index >= 15 is 0 Å². The van der Waals surface area contributed by atoms with Gasteiger partial charge in [0.2, 0.25) is 0 Å². The van der Waals surface area contributed by atoms with Gasteiger partial charge >= 0.3 is 0 Å². The van der Waals surface area contributed by atoms with Gasteiger partial charge in [-0.2, -0.15) is 0 Å². The Morgan fingerprint density at radius 3 is 2.27 bits per heavy atom. The van der Waals surface area contributed by atoms with Crippen LogP contribution in [0.3, 0.4) is 0 Å². The highest BCUT2D eigenvalue weighted by Gasteiger charge is 2.25. The topological polar surface area (TPSA) is 6.48 Å². The molecule has 124 valence electrons. The van der Waals surface area contributed by atoms with Gasteiger partial charge in [0.15, 0.2) is 0 Å². The summed E-state index contributed by atoms with van der Waals surface area (Å²) in [6.07, 6.45) is 6.35. The van der Waals surface area contributed by atoms with Crippen molar-refractivity contribution in [3.05, 3.63) is 29.3 Å². The van der Waals surface area contributed by atoms with Gasteiger partial charge < -0.3 is 9.80 Å². The fourth-order valence-electron chi connectivity index (χ4n) is 3.99. The van der Waals surface area contributed by atoms with Gasteiger partial charge in [-0.25, -0.2) is 0 Å². The Bertz CT molecular complexity index is 445. The minimum Gasteiger partial charge on any atom is -0.372 e. The first-order chi connectivity index (χ1) is 10.7. The van der Waals surface area contributed by atoms with Gasteiger partial charge in [0.05, 0.1) is 0 Å². The largest absolute Gasteiger partial charge is 0.372 e. The van der Waals surface area contributed by atoms with E-state index in [-0.39, 0.29) is 0 Å². The number of benzene rings is 1. The summed E-state index contributed by atoms with van der Waals surface area (Å²) in [5.74, 6) is 0. The fraction of sp³-hybridized carbons (Fsp3) is 0.700. The van der Waals surface area contributed by atoms with Crippen molar-refractivity contribution in [1.82, 2.24) is 4.90 Å². The molecular formula is C20H34N2. The van der Waals surface area contributed by atoms with Crippen LogP contribution in [0, 0.1) is 0 Å². The second-order valence-corrected chi connectivity index (χ2v) is 6.52. The molecule has 0 saturated carbocycles. The molecule has 2 nitrogen and oxygen atoms in total. The van der Waals surface area contributed by atoms with Crippen molar-refractivity contribution >= 4 is 5.69 Å². The van der Waals surface area contributed by atoms with Crippen LogP contribution in [0.4, 0.5) is 5.69 Å². The smallest absolute Gasteiger partial charge is 0.0401 e. The van der Waals surface area contributed by atoms with Crippen molar-refractivity contribution in [3.63, 3.8) is 0 Å². The average Bonchev–Trinajstić information content (AvgIpc) is 2.55. The highest BCUT2D eigenvalue weighted by atomic mass is 15.2. The third-order valence-electron chi connectivity index (χ3n) is 5.07. The minimum absolute atomic E-state index is 0.749. The fourth-order valence-corrected chi connectivity index (χ4v) is 3.99. The van der Waals surface area contributed by atoms with Crippen molar-refractivity contribution < 1.29 is 0 Å². The van der Waals surface area contributed by atoms with E-state index in [0.717, 1.165) is 19.1 Å². The summed E-state index contributed by atoms with van der Waals surface area (Å²) in [5, 5.41) is 0. The number of anilines is 1. The Balaban J connectivity index is 2.18. The second kappa shape index (κ2) is 8.57. The van der Waals surface area contributed by atoms with Crippen LogP contribution in [0.15, 0.2) is 18.2 Å². The molecule has 0 N–H and O–H groups in total. The maximum absolute atomic E-state index is 2.73. The summed E-state index contributed by atoms with van der Waals surface area (Å²) in [6, 6.07) is 7.70. The number of rotatable bonds is 8. The van der Waals surface area contributed by atoms with Crippen LogP contribution in [0.5, 0.6) is 0 Å². The number of nitrogens with zero attached hydrogens (tertiary/aromatic N) is 2. The zero-order chi connectivity index (χ0) is 15.9. The average molecular weight is 303 g/mol. The summed E-state index contributed by atoms with van der Waals surface area (Å²) in [7, 11) is 0. The van der Waals surface area contributed by atoms with Gasteiger partial charge in [-0.15, -0.1) is 0 Å². The lowest BCUT2D eigenvalue weighted by Gasteiger charge is -2.36. The molecule has 0 heterocycles. The zero-order valence-corrected chi connectivity index (χ0v) is 15.1. The van der Waals surface area contributed by atoms with E-state index in [1.54, 1.807) is 11.1 Å². The molecule has 0 aromatic heterocycles. The van der Waals surface area contributed by atoms with Crippen LogP contribution in [0.1, 0.15) is 58.1 Å². The SMILES string of the molecule is CCCN(CCC)C1CCc2c(cccc2N(CC)CC)C1. The lowest BCUT2D eigenvalue weighted by atomic mass is 9.86. The molecular weight excluding hydrogens is 268 g/mol. The molecule has 0 bridgehead atoms. The maximum atomic E-state index is 2.73.